The molecule has 6 nitrogen and oxygen atoms in total. The zero-order chi connectivity index (χ0) is 20.8. The highest BCUT2D eigenvalue weighted by Gasteiger charge is 2.32. The van der Waals surface area contributed by atoms with Gasteiger partial charge in [0.25, 0.3) is 0 Å². The number of benzene rings is 2. The Morgan fingerprint density at radius 1 is 1.21 bits per heavy atom. The molecule has 0 aromatic heterocycles. The third-order valence-electron chi connectivity index (χ3n) is 4.34. The monoisotopic (exact) mass is 411 g/mol. The minimum absolute atomic E-state index is 0.0798. The number of carbonyl (C=O) groups excluding carboxylic acids is 2. The van der Waals surface area contributed by atoms with Crippen LogP contribution < -0.4 is 15.4 Å². The maximum atomic E-state index is 12.4. The van der Waals surface area contributed by atoms with Gasteiger partial charge >= 0.3 is 0 Å². The van der Waals surface area contributed by atoms with Crippen molar-refractivity contribution < 1.29 is 14.3 Å². The van der Waals surface area contributed by atoms with Crippen molar-refractivity contribution in [1.82, 2.24) is 5.32 Å². The summed E-state index contributed by atoms with van der Waals surface area (Å²) >= 11 is 1.29. The number of rotatable bonds is 7. The van der Waals surface area contributed by atoms with Crippen molar-refractivity contribution in [3.8, 4) is 5.75 Å². The molecule has 0 unspecified atom stereocenters. The number of aliphatic imine (C=N–C) groups is 1. The van der Waals surface area contributed by atoms with Gasteiger partial charge < -0.3 is 15.4 Å². The first-order valence-corrected chi connectivity index (χ1v) is 10.5. The number of carbonyl (C=O) groups is 2. The third kappa shape index (κ3) is 5.84. The molecule has 0 aliphatic carbocycles. The van der Waals surface area contributed by atoms with Crippen molar-refractivity contribution >= 4 is 40.1 Å². The minimum atomic E-state index is -0.494. The van der Waals surface area contributed by atoms with Gasteiger partial charge in [0.15, 0.2) is 5.17 Å². The Labute approximate surface area is 175 Å². The van der Waals surface area contributed by atoms with E-state index < -0.39 is 5.25 Å². The Balaban J connectivity index is 1.57. The van der Waals surface area contributed by atoms with Crippen molar-refractivity contribution in [2.24, 2.45) is 4.99 Å². The number of amidine groups is 1. The number of nitrogens with zero attached hydrogens (tertiary/aromatic N) is 1. The van der Waals surface area contributed by atoms with E-state index in [-0.39, 0.29) is 18.2 Å². The van der Waals surface area contributed by atoms with Crippen LogP contribution in [-0.2, 0) is 9.59 Å². The molecular formula is C22H25N3O3S. The lowest BCUT2D eigenvalue weighted by molar-refractivity contribution is -0.122. The maximum absolute atomic E-state index is 12.4. The number of hydrogen-bond acceptors (Lipinski definition) is 5. The summed E-state index contributed by atoms with van der Waals surface area (Å²) in [5.74, 6) is 0.355. The maximum Gasteiger partial charge on any atom is 0.240 e. The van der Waals surface area contributed by atoms with Crippen molar-refractivity contribution in [3.05, 3.63) is 53.6 Å². The van der Waals surface area contributed by atoms with E-state index in [1.165, 1.54) is 11.8 Å². The molecule has 0 saturated carbocycles. The summed E-state index contributed by atoms with van der Waals surface area (Å²) in [7, 11) is 0. The van der Waals surface area contributed by atoms with Crippen LogP contribution in [0.1, 0.15) is 30.9 Å². The van der Waals surface area contributed by atoms with Crippen LogP contribution in [0.25, 0.3) is 0 Å². The molecule has 0 bridgehead atoms. The second-order valence-electron chi connectivity index (χ2n) is 6.93. The number of thioether (sulfide) groups is 1. The molecule has 1 aliphatic rings. The second kappa shape index (κ2) is 9.60. The Hall–Kier alpha value is -2.80. The quantitative estimate of drug-likeness (QED) is 0.710. The molecule has 152 valence electrons. The number of ether oxygens (including phenoxy) is 1. The van der Waals surface area contributed by atoms with Crippen molar-refractivity contribution in [2.45, 2.75) is 38.9 Å². The fraction of sp³-hybridized carbons (Fsp3) is 0.318. The van der Waals surface area contributed by atoms with Gasteiger partial charge in [-0.05, 0) is 61.7 Å². The van der Waals surface area contributed by atoms with Crippen LogP contribution in [0.3, 0.4) is 0 Å². The van der Waals surface area contributed by atoms with E-state index in [4.69, 9.17) is 4.74 Å². The number of amides is 2. The highest BCUT2D eigenvalue weighted by atomic mass is 32.2. The first kappa shape index (κ1) is 20.9. The average molecular weight is 412 g/mol. The van der Waals surface area contributed by atoms with Crippen LogP contribution in [0.2, 0.25) is 0 Å². The van der Waals surface area contributed by atoms with Gasteiger partial charge in [0.2, 0.25) is 11.8 Å². The third-order valence-corrected chi connectivity index (χ3v) is 5.43. The molecule has 7 heteroatoms. The Morgan fingerprint density at radius 3 is 2.69 bits per heavy atom. The Kier molecular flexibility index (Phi) is 6.93. The molecule has 1 saturated heterocycles. The standard InChI is InChI=1S/C22H25N3O3S/c1-4-11-28-17-9-7-16(8-10-17)23-20(26)13-19-21(27)25-22(29-19)24-18-12-14(2)5-6-15(18)3/h5-10,12,19H,4,11,13H2,1-3H3,(H,23,26)(H,24,25,27)/t19-/m1/s1. The van der Waals surface area contributed by atoms with Gasteiger partial charge in [-0.25, -0.2) is 4.99 Å². The second-order valence-corrected chi connectivity index (χ2v) is 8.12. The van der Waals surface area contributed by atoms with Gasteiger partial charge in [-0.2, -0.15) is 0 Å². The van der Waals surface area contributed by atoms with Crippen LogP contribution in [-0.4, -0.2) is 28.8 Å². The fourth-order valence-electron chi connectivity index (χ4n) is 2.78. The van der Waals surface area contributed by atoms with Gasteiger partial charge in [0.05, 0.1) is 12.3 Å². The van der Waals surface area contributed by atoms with Crippen LogP contribution in [0.4, 0.5) is 11.4 Å². The molecule has 3 rings (SSSR count). The summed E-state index contributed by atoms with van der Waals surface area (Å²) in [6.45, 7) is 6.68. The van der Waals surface area contributed by atoms with Crippen LogP contribution in [0, 0.1) is 13.8 Å². The lowest BCUT2D eigenvalue weighted by Gasteiger charge is -2.09. The van der Waals surface area contributed by atoms with Crippen LogP contribution in [0.5, 0.6) is 5.75 Å². The molecule has 29 heavy (non-hydrogen) atoms. The van der Waals surface area contributed by atoms with E-state index in [2.05, 4.69) is 15.6 Å². The van der Waals surface area contributed by atoms with E-state index >= 15 is 0 Å². The van der Waals surface area contributed by atoms with Gasteiger partial charge in [0.1, 0.15) is 11.0 Å². The van der Waals surface area contributed by atoms with Crippen molar-refractivity contribution in [2.75, 3.05) is 11.9 Å². The zero-order valence-corrected chi connectivity index (χ0v) is 17.6. The van der Waals surface area contributed by atoms with Gasteiger partial charge in [-0.1, -0.05) is 30.8 Å². The number of aryl methyl sites for hydroxylation is 2. The molecule has 1 atom stereocenters. The Morgan fingerprint density at radius 2 is 1.97 bits per heavy atom. The first-order chi connectivity index (χ1) is 13.9. The molecule has 1 aliphatic heterocycles. The van der Waals surface area contributed by atoms with Crippen LogP contribution >= 0.6 is 11.8 Å². The first-order valence-electron chi connectivity index (χ1n) is 9.61. The minimum Gasteiger partial charge on any atom is -0.494 e. The summed E-state index contributed by atoms with van der Waals surface area (Å²) < 4.78 is 5.53. The zero-order valence-electron chi connectivity index (χ0n) is 16.8. The lowest BCUT2D eigenvalue weighted by atomic mass is 10.1. The molecule has 0 spiro atoms. The highest BCUT2D eigenvalue weighted by Crippen LogP contribution is 2.27. The number of anilines is 1. The van der Waals surface area contributed by atoms with Gasteiger partial charge in [-0.15, -0.1) is 0 Å². The lowest BCUT2D eigenvalue weighted by Crippen LogP contribution is -2.28. The Bertz CT molecular complexity index is 925. The van der Waals surface area contributed by atoms with E-state index in [1.807, 2.05) is 51.1 Å². The summed E-state index contributed by atoms with van der Waals surface area (Å²) in [6, 6.07) is 13.2. The molecule has 2 N–H and O–H groups in total. The molecule has 2 amide bonds. The normalized spacial score (nSPS) is 17.3. The predicted molar refractivity (Wildman–Crippen MR) is 118 cm³/mol. The van der Waals surface area contributed by atoms with E-state index in [0.717, 1.165) is 29.0 Å². The molecule has 1 heterocycles. The summed E-state index contributed by atoms with van der Waals surface area (Å²) in [4.78, 5) is 29.2. The van der Waals surface area contributed by atoms with Crippen LogP contribution in [0.15, 0.2) is 47.5 Å². The van der Waals surface area contributed by atoms with Gasteiger partial charge in [0, 0.05) is 12.1 Å². The largest absolute Gasteiger partial charge is 0.494 e. The van der Waals surface area contributed by atoms with E-state index in [1.54, 1.807) is 12.1 Å². The molecule has 1 fully saturated rings. The highest BCUT2D eigenvalue weighted by molar-refractivity contribution is 8.15. The summed E-state index contributed by atoms with van der Waals surface area (Å²) in [6.07, 6.45) is 1.02. The summed E-state index contributed by atoms with van der Waals surface area (Å²) in [5, 5.41) is 5.63. The number of nitrogens with one attached hydrogen (secondary N) is 2. The van der Waals surface area contributed by atoms with Crippen molar-refractivity contribution in [3.63, 3.8) is 0 Å². The van der Waals surface area contributed by atoms with Gasteiger partial charge in [-0.3, -0.25) is 9.59 Å². The smallest absolute Gasteiger partial charge is 0.240 e. The average Bonchev–Trinajstić information content (AvgIpc) is 3.03. The fourth-order valence-corrected chi connectivity index (χ4v) is 3.76. The number of hydrogen-bond donors (Lipinski definition) is 2. The SMILES string of the molecule is CCCOc1ccc(NC(=O)C[C@H]2SC(=Nc3cc(C)ccc3C)NC2=O)cc1. The van der Waals surface area contributed by atoms with E-state index in [0.29, 0.717) is 17.5 Å². The topological polar surface area (TPSA) is 79.8 Å². The summed E-state index contributed by atoms with van der Waals surface area (Å²) in [5.41, 5.74) is 3.63. The molecular weight excluding hydrogens is 386 g/mol. The molecule has 2 aromatic rings. The van der Waals surface area contributed by atoms with E-state index in [9.17, 15) is 9.59 Å². The van der Waals surface area contributed by atoms with Crippen molar-refractivity contribution in [1.29, 1.82) is 0 Å². The molecule has 2 aromatic carbocycles. The molecule has 0 radical (unpaired) electrons. The predicted octanol–water partition coefficient (Wildman–Crippen LogP) is 4.34.